The van der Waals surface area contributed by atoms with Gasteiger partial charge in [0.25, 0.3) is 0 Å². The summed E-state index contributed by atoms with van der Waals surface area (Å²) in [6.45, 7) is 11.1. The fourth-order valence-corrected chi connectivity index (χ4v) is 1.90. The van der Waals surface area contributed by atoms with Crippen molar-refractivity contribution in [3.63, 3.8) is 0 Å². The van der Waals surface area contributed by atoms with Gasteiger partial charge in [0.1, 0.15) is 5.76 Å². The second-order valence-electron chi connectivity index (χ2n) is 4.56. The summed E-state index contributed by atoms with van der Waals surface area (Å²) in [6, 6.07) is 2.04. The lowest BCUT2D eigenvalue weighted by Crippen LogP contribution is -2.27. The lowest BCUT2D eigenvalue weighted by Gasteiger charge is -2.19. The predicted molar refractivity (Wildman–Crippen MR) is 78.1 cm³/mol. The van der Waals surface area contributed by atoms with Crippen LogP contribution in [0.3, 0.4) is 0 Å². The summed E-state index contributed by atoms with van der Waals surface area (Å²) >= 11 is 0. The molecule has 0 amide bonds. The average molecular weight is 266 g/mol. The minimum atomic E-state index is 0.720. The second kappa shape index (κ2) is 9.78. The van der Waals surface area contributed by atoms with Gasteiger partial charge in [0, 0.05) is 32.3 Å². The normalized spacial score (nSPS) is 11.1. The highest BCUT2D eigenvalue weighted by Crippen LogP contribution is 2.13. The van der Waals surface area contributed by atoms with E-state index in [0.29, 0.717) is 0 Å². The number of ether oxygens (including phenoxy) is 1. The molecule has 1 rings (SSSR count). The quantitative estimate of drug-likeness (QED) is 0.493. The zero-order chi connectivity index (χ0) is 13.9. The zero-order valence-corrected chi connectivity index (χ0v) is 12.2. The SMILES string of the molecule is C=CCN(CCOC)Cc1occc1CNCCC. The van der Waals surface area contributed by atoms with Crippen molar-refractivity contribution >= 4 is 0 Å². The predicted octanol–water partition coefficient (Wildman–Crippen LogP) is 2.41. The summed E-state index contributed by atoms with van der Waals surface area (Å²) in [4.78, 5) is 2.26. The van der Waals surface area contributed by atoms with E-state index in [-0.39, 0.29) is 0 Å². The van der Waals surface area contributed by atoms with Crippen LogP contribution in [0.5, 0.6) is 0 Å². The molecule has 0 aromatic carbocycles. The molecule has 0 radical (unpaired) electrons. The summed E-state index contributed by atoms with van der Waals surface area (Å²) < 4.78 is 10.7. The van der Waals surface area contributed by atoms with Gasteiger partial charge >= 0.3 is 0 Å². The number of methoxy groups -OCH3 is 1. The van der Waals surface area contributed by atoms with Crippen LogP contribution in [0, 0.1) is 0 Å². The summed E-state index contributed by atoms with van der Waals surface area (Å²) in [5.74, 6) is 1.03. The van der Waals surface area contributed by atoms with Crippen LogP contribution in [0.25, 0.3) is 0 Å². The molecule has 0 spiro atoms. The van der Waals surface area contributed by atoms with Crippen LogP contribution in [0.15, 0.2) is 29.4 Å². The standard InChI is InChI=1S/C15H26N2O2/c1-4-7-16-12-14-6-10-19-15(14)13-17(8-5-2)9-11-18-3/h5-6,10,16H,2,4,7-9,11-13H2,1,3H3. The van der Waals surface area contributed by atoms with Gasteiger partial charge in [-0.25, -0.2) is 0 Å². The summed E-state index contributed by atoms with van der Waals surface area (Å²) in [5.41, 5.74) is 1.24. The van der Waals surface area contributed by atoms with Crippen LogP contribution < -0.4 is 5.32 Å². The first-order valence-corrected chi connectivity index (χ1v) is 6.90. The van der Waals surface area contributed by atoms with Crippen molar-refractivity contribution in [1.29, 1.82) is 0 Å². The Kier molecular flexibility index (Phi) is 8.21. The molecule has 4 nitrogen and oxygen atoms in total. The molecule has 4 heteroatoms. The zero-order valence-electron chi connectivity index (χ0n) is 12.2. The molecule has 0 saturated carbocycles. The van der Waals surface area contributed by atoms with Crippen molar-refractivity contribution in [3.8, 4) is 0 Å². The third-order valence-corrected chi connectivity index (χ3v) is 2.95. The second-order valence-corrected chi connectivity index (χ2v) is 4.56. The van der Waals surface area contributed by atoms with Crippen molar-refractivity contribution in [2.75, 3.05) is 33.4 Å². The van der Waals surface area contributed by atoms with Crippen molar-refractivity contribution < 1.29 is 9.15 Å². The Bertz CT molecular complexity index is 350. The van der Waals surface area contributed by atoms with Crippen LogP contribution >= 0.6 is 0 Å². The molecule has 1 aromatic rings. The van der Waals surface area contributed by atoms with Crippen LogP contribution in [0.4, 0.5) is 0 Å². The van der Waals surface area contributed by atoms with Gasteiger partial charge in [0.05, 0.1) is 19.4 Å². The summed E-state index contributed by atoms with van der Waals surface area (Å²) in [5, 5.41) is 3.40. The van der Waals surface area contributed by atoms with Crippen LogP contribution in [0.2, 0.25) is 0 Å². The van der Waals surface area contributed by atoms with Gasteiger partial charge < -0.3 is 14.5 Å². The van der Waals surface area contributed by atoms with E-state index in [1.807, 2.05) is 12.1 Å². The lowest BCUT2D eigenvalue weighted by atomic mass is 10.2. The van der Waals surface area contributed by atoms with E-state index < -0.39 is 0 Å². The van der Waals surface area contributed by atoms with Crippen molar-refractivity contribution in [1.82, 2.24) is 10.2 Å². The molecular weight excluding hydrogens is 240 g/mol. The third kappa shape index (κ3) is 6.05. The Labute approximate surface area is 116 Å². The highest BCUT2D eigenvalue weighted by molar-refractivity contribution is 5.16. The Morgan fingerprint density at radius 2 is 2.37 bits per heavy atom. The molecule has 19 heavy (non-hydrogen) atoms. The first-order valence-electron chi connectivity index (χ1n) is 6.90. The number of hydrogen-bond acceptors (Lipinski definition) is 4. The highest BCUT2D eigenvalue weighted by atomic mass is 16.5. The number of nitrogens with one attached hydrogen (secondary N) is 1. The fourth-order valence-electron chi connectivity index (χ4n) is 1.90. The first-order chi connectivity index (χ1) is 9.31. The van der Waals surface area contributed by atoms with Crippen molar-refractivity contribution in [2.24, 2.45) is 0 Å². The van der Waals surface area contributed by atoms with E-state index in [1.54, 1.807) is 13.4 Å². The minimum Gasteiger partial charge on any atom is -0.468 e. The summed E-state index contributed by atoms with van der Waals surface area (Å²) in [7, 11) is 1.72. The maximum Gasteiger partial charge on any atom is 0.122 e. The lowest BCUT2D eigenvalue weighted by molar-refractivity contribution is 0.146. The molecule has 0 aliphatic heterocycles. The van der Waals surface area contributed by atoms with Gasteiger partial charge in [-0.2, -0.15) is 0 Å². The third-order valence-electron chi connectivity index (χ3n) is 2.95. The maximum absolute atomic E-state index is 5.60. The Hall–Kier alpha value is -1.10. The first kappa shape index (κ1) is 16.0. The number of rotatable bonds is 11. The molecule has 0 saturated heterocycles. The van der Waals surface area contributed by atoms with Crippen molar-refractivity contribution in [2.45, 2.75) is 26.4 Å². The molecular formula is C15H26N2O2. The van der Waals surface area contributed by atoms with Crippen molar-refractivity contribution in [3.05, 3.63) is 36.3 Å². The van der Waals surface area contributed by atoms with Gasteiger partial charge in [-0.05, 0) is 19.0 Å². The minimum absolute atomic E-state index is 0.720. The van der Waals surface area contributed by atoms with Gasteiger partial charge in [-0.15, -0.1) is 6.58 Å². The smallest absolute Gasteiger partial charge is 0.122 e. The molecule has 0 fully saturated rings. The summed E-state index contributed by atoms with van der Waals surface area (Å²) in [6.07, 6.45) is 4.82. The fraction of sp³-hybridized carbons (Fsp3) is 0.600. The molecule has 0 atom stereocenters. The van der Waals surface area contributed by atoms with E-state index in [2.05, 4.69) is 23.7 Å². The van der Waals surface area contributed by atoms with Crippen LogP contribution in [-0.4, -0.2) is 38.3 Å². The van der Waals surface area contributed by atoms with E-state index in [4.69, 9.17) is 9.15 Å². The molecule has 0 aliphatic rings. The van der Waals surface area contributed by atoms with Gasteiger partial charge in [-0.3, -0.25) is 4.90 Å². The monoisotopic (exact) mass is 266 g/mol. The number of hydrogen-bond donors (Lipinski definition) is 1. The maximum atomic E-state index is 5.60. The molecule has 0 unspecified atom stereocenters. The van der Waals surface area contributed by atoms with Gasteiger partial charge in [0.15, 0.2) is 0 Å². The highest BCUT2D eigenvalue weighted by Gasteiger charge is 2.11. The Morgan fingerprint density at radius 1 is 1.53 bits per heavy atom. The van der Waals surface area contributed by atoms with Gasteiger partial charge in [0.2, 0.25) is 0 Å². The molecule has 0 aliphatic carbocycles. The van der Waals surface area contributed by atoms with E-state index in [9.17, 15) is 0 Å². The molecule has 108 valence electrons. The Morgan fingerprint density at radius 3 is 3.05 bits per heavy atom. The molecule has 1 aromatic heterocycles. The number of furan rings is 1. The molecule has 1 N–H and O–H groups in total. The van der Waals surface area contributed by atoms with Crippen LogP contribution in [-0.2, 0) is 17.8 Å². The van der Waals surface area contributed by atoms with E-state index >= 15 is 0 Å². The largest absolute Gasteiger partial charge is 0.468 e. The number of nitrogens with zero attached hydrogens (tertiary/aromatic N) is 1. The van der Waals surface area contributed by atoms with Crippen LogP contribution in [0.1, 0.15) is 24.7 Å². The van der Waals surface area contributed by atoms with Gasteiger partial charge in [-0.1, -0.05) is 13.0 Å². The van der Waals surface area contributed by atoms with E-state index in [1.165, 1.54) is 5.56 Å². The average Bonchev–Trinajstić information content (AvgIpc) is 2.84. The topological polar surface area (TPSA) is 37.6 Å². The van der Waals surface area contributed by atoms with E-state index in [0.717, 1.165) is 51.5 Å². The molecule has 0 bridgehead atoms. The Balaban J connectivity index is 2.52. The molecule has 1 heterocycles.